The van der Waals surface area contributed by atoms with Crippen LogP contribution in [-0.2, 0) is 0 Å². The molecule has 0 radical (unpaired) electrons. The summed E-state index contributed by atoms with van der Waals surface area (Å²) < 4.78 is 2.84. The van der Waals surface area contributed by atoms with Crippen molar-refractivity contribution in [2.24, 2.45) is 0 Å². The summed E-state index contributed by atoms with van der Waals surface area (Å²) in [4.78, 5) is 1.10. The molecule has 0 saturated carbocycles. The van der Waals surface area contributed by atoms with Gasteiger partial charge in [0.1, 0.15) is 11.5 Å². The minimum atomic E-state index is 0.640. The van der Waals surface area contributed by atoms with Gasteiger partial charge in [-0.3, -0.25) is 0 Å². The monoisotopic (exact) mass is 319 g/mol. The summed E-state index contributed by atoms with van der Waals surface area (Å²) in [7, 11) is 0. The normalized spacial score (nSPS) is 10.7. The van der Waals surface area contributed by atoms with E-state index in [9.17, 15) is 0 Å². The van der Waals surface area contributed by atoms with Crippen LogP contribution in [0, 0.1) is 0 Å². The van der Waals surface area contributed by atoms with E-state index in [1.807, 2.05) is 48.5 Å². The number of nitrogens with zero attached hydrogens (tertiary/aromatic N) is 2. The number of hydrogen-bond donors (Lipinski definition) is 1. The lowest BCUT2D eigenvalue weighted by Crippen LogP contribution is -2.00. The topological polar surface area (TPSA) is 43.8 Å². The number of halogens is 1. The van der Waals surface area contributed by atoms with Gasteiger partial charge in [0.05, 0.1) is 14.4 Å². The molecular weight excluding hydrogens is 310 g/mol. The van der Waals surface area contributed by atoms with Crippen molar-refractivity contribution in [1.29, 1.82) is 0 Å². The molecule has 0 fully saturated rings. The van der Waals surface area contributed by atoms with E-state index < -0.39 is 0 Å². The Morgan fingerprint density at radius 1 is 1.11 bits per heavy atom. The molecule has 2 aromatic heterocycles. The summed E-state index contributed by atoms with van der Waals surface area (Å²) in [5.74, 6) is 0.640. The number of aromatic nitrogens is 2. The lowest BCUT2D eigenvalue weighted by molar-refractivity contribution is 0.896. The van der Waals surface area contributed by atoms with Crippen LogP contribution in [0.4, 0.5) is 5.82 Å². The molecule has 1 aromatic carbocycles. The molecule has 0 atom stereocenters. The lowest BCUT2D eigenvalue weighted by atomic mass is 10.3. The van der Waals surface area contributed by atoms with Crippen molar-refractivity contribution < 1.29 is 0 Å². The first kappa shape index (κ1) is 11.5. The van der Waals surface area contributed by atoms with Crippen LogP contribution in [0.2, 0.25) is 0 Å². The van der Waals surface area contributed by atoms with E-state index in [4.69, 9.17) is 5.73 Å². The molecule has 0 spiro atoms. The van der Waals surface area contributed by atoms with Gasteiger partial charge < -0.3 is 5.73 Å². The Balaban J connectivity index is 2.06. The molecule has 3 nitrogen and oxygen atoms in total. The molecule has 3 aromatic rings. The summed E-state index contributed by atoms with van der Waals surface area (Å²) in [6.45, 7) is 0. The molecule has 2 N–H and O–H groups in total. The van der Waals surface area contributed by atoms with E-state index in [1.165, 1.54) is 0 Å². The molecule has 0 unspecified atom stereocenters. The van der Waals surface area contributed by atoms with Gasteiger partial charge in [-0.25, -0.2) is 4.68 Å². The van der Waals surface area contributed by atoms with Gasteiger partial charge in [0, 0.05) is 6.07 Å². The molecular formula is C13H10BrN3S. The van der Waals surface area contributed by atoms with Gasteiger partial charge >= 0.3 is 0 Å². The van der Waals surface area contributed by atoms with Crippen molar-refractivity contribution in [3.63, 3.8) is 0 Å². The Morgan fingerprint density at radius 3 is 2.56 bits per heavy atom. The van der Waals surface area contributed by atoms with Crippen LogP contribution in [0.3, 0.4) is 0 Å². The number of anilines is 1. The maximum absolute atomic E-state index is 6.01. The van der Waals surface area contributed by atoms with Crippen molar-refractivity contribution in [3.05, 3.63) is 52.3 Å². The molecule has 0 aliphatic rings. The molecule has 0 aliphatic carbocycles. The third kappa shape index (κ3) is 2.07. The summed E-state index contributed by atoms with van der Waals surface area (Å²) in [6.07, 6.45) is 0. The van der Waals surface area contributed by atoms with Crippen LogP contribution in [0.15, 0.2) is 52.3 Å². The molecule has 0 amide bonds. The van der Waals surface area contributed by atoms with E-state index in [0.29, 0.717) is 5.82 Å². The number of hydrogen-bond acceptors (Lipinski definition) is 3. The zero-order valence-corrected chi connectivity index (χ0v) is 11.8. The second kappa shape index (κ2) is 4.59. The second-order valence-electron chi connectivity index (χ2n) is 3.81. The highest BCUT2D eigenvalue weighted by Crippen LogP contribution is 2.31. The largest absolute Gasteiger partial charge is 0.384 e. The summed E-state index contributed by atoms with van der Waals surface area (Å²) >= 11 is 5.10. The first-order valence-electron chi connectivity index (χ1n) is 5.41. The maximum Gasteiger partial charge on any atom is 0.127 e. The van der Waals surface area contributed by atoms with Crippen LogP contribution in [0.25, 0.3) is 16.3 Å². The van der Waals surface area contributed by atoms with E-state index >= 15 is 0 Å². The van der Waals surface area contributed by atoms with E-state index in [2.05, 4.69) is 21.0 Å². The zero-order chi connectivity index (χ0) is 12.5. The second-order valence-corrected chi connectivity index (χ2v) is 6.27. The van der Waals surface area contributed by atoms with Crippen molar-refractivity contribution in [2.75, 3.05) is 5.73 Å². The molecule has 90 valence electrons. The summed E-state index contributed by atoms with van der Waals surface area (Å²) in [5, 5.41) is 4.54. The van der Waals surface area contributed by atoms with Gasteiger partial charge in [0.15, 0.2) is 0 Å². The van der Waals surface area contributed by atoms with E-state index in [0.717, 1.165) is 20.0 Å². The third-order valence-corrected chi connectivity index (χ3v) is 4.21. The Labute approximate surface area is 117 Å². The van der Waals surface area contributed by atoms with Gasteiger partial charge in [-0.1, -0.05) is 18.2 Å². The molecule has 0 bridgehead atoms. The fraction of sp³-hybridized carbons (Fsp3) is 0. The average molecular weight is 320 g/mol. The Morgan fingerprint density at radius 2 is 1.89 bits per heavy atom. The molecule has 2 heterocycles. The molecule has 0 aliphatic heterocycles. The third-order valence-electron chi connectivity index (χ3n) is 2.56. The average Bonchev–Trinajstić information content (AvgIpc) is 2.97. The Kier molecular flexibility index (Phi) is 2.93. The van der Waals surface area contributed by atoms with Crippen LogP contribution < -0.4 is 5.73 Å². The van der Waals surface area contributed by atoms with Gasteiger partial charge in [-0.2, -0.15) is 5.10 Å². The van der Waals surface area contributed by atoms with Crippen molar-refractivity contribution >= 4 is 33.1 Å². The van der Waals surface area contributed by atoms with Gasteiger partial charge in [-0.15, -0.1) is 11.3 Å². The summed E-state index contributed by atoms with van der Waals surface area (Å²) in [5.41, 5.74) is 7.88. The predicted molar refractivity (Wildman–Crippen MR) is 79.0 cm³/mol. The van der Waals surface area contributed by atoms with E-state index in [-0.39, 0.29) is 0 Å². The Hall–Kier alpha value is -1.59. The number of nitrogen functional groups attached to an aromatic ring is 1. The van der Waals surface area contributed by atoms with Gasteiger partial charge in [0.25, 0.3) is 0 Å². The van der Waals surface area contributed by atoms with Crippen LogP contribution in [-0.4, -0.2) is 9.78 Å². The van der Waals surface area contributed by atoms with Gasteiger partial charge in [-0.05, 0) is 40.2 Å². The zero-order valence-electron chi connectivity index (χ0n) is 9.38. The molecule has 5 heteroatoms. The highest BCUT2D eigenvalue weighted by atomic mass is 79.9. The van der Waals surface area contributed by atoms with Crippen LogP contribution in [0.5, 0.6) is 0 Å². The summed E-state index contributed by atoms with van der Waals surface area (Å²) in [6, 6.07) is 15.8. The van der Waals surface area contributed by atoms with Crippen molar-refractivity contribution in [3.8, 4) is 16.3 Å². The first-order chi connectivity index (χ1) is 8.74. The highest BCUT2D eigenvalue weighted by molar-refractivity contribution is 9.11. The van der Waals surface area contributed by atoms with Crippen molar-refractivity contribution in [2.45, 2.75) is 0 Å². The maximum atomic E-state index is 6.01. The Bertz CT molecular complexity index is 673. The number of benzene rings is 1. The van der Waals surface area contributed by atoms with Crippen LogP contribution in [0.1, 0.15) is 0 Å². The van der Waals surface area contributed by atoms with E-state index in [1.54, 1.807) is 16.0 Å². The fourth-order valence-corrected chi connectivity index (χ4v) is 3.09. The smallest absolute Gasteiger partial charge is 0.127 e. The number of rotatable bonds is 2. The lowest BCUT2D eigenvalue weighted by Gasteiger charge is -2.02. The molecule has 3 rings (SSSR count). The highest BCUT2D eigenvalue weighted by Gasteiger charge is 2.10. The first-order valence-corrected chi connectivity index (χ1v) is 7.01. The minimum absolute atomic E-state index is 0.640. The quantitative estimate of drug-likeness (QED) is 0.777. The fourth-order valence-electron chi connectivity index (χ4n) is 1.74. The SMILES string of the molecule is Nc1cc(-c2ccc(Br)s2)nn1-c1ccccc1. The minimum Gasteiger partial charge on any atom is -0.384 e. The van der Waals surface area contributed by atoms with Crippen molar-refractivity contribution in [1.82, 2.24) is 9.78 Å². The standard InChI is InChI=1S/C13H10BrN3S/c14-12-7-6-11(18-12)10-8-13(15)17(16-10)9-4-2-1-3-5-9/h1-8H,15H2. The molecule has 18 heavy (non-hydrogen) atoms. The van der Waals surface area contributed by atoms with Crippen LogP contribution >= 0.6 is 27.3 Å². The number of thiophene rings is 1. The number of para-hydroxylation sites is 1. The molecule has 0 saturated heterocycles. The van der Waals surface area contributed by atoms with Gasteiger partial charge in [0.2, 0.25) is 0 Å². The predicted octanol–water partition coefficient (Wildman–Crippen LogP) is 3.95. The number of nitrogens with two attached hydrogens (primary N) is 1.